The van der Waals surface area contributed by atoms with Gasteiger partial charge in [-0.2, -0.15) is 13.2 Å². The fourth-order valence-electron chi connectivity index (χ4n) is 0.996. The van der Waals surface area contributed by atoms with Crippen LogP contribution in [0.1, 0.15) is 11.3 Å². The van der Waals surface area contributed by atoms with Gasteiger partial charge in [0, 0.05) is 6.20 Å². The maximum absolute atomic E-state index is 11.8. The van der Waals surface area contributed by atoms with Crippen LogP contribution in [0.25, 0.3) is 0 Å². The fourth-order valence-corrected chi connectivity index (χ4v) is 0.996. The summed E-state index contributed by atoms with van der Waals surface area (Å²) in [5, 5.41) is 7.10. The molecule has 4 nitrogen and oxygen atoms in total. The molecule has 1 aromatic heterocycles. The van der Waals surface area contributed by atoms with E-state index in [2.05, 4.69) is 9.72 Å². The van der Waals surface area contributed by atoms with Gasteiger partial charge in [0.2, 0.25) is 0 Å². The van der Waals surface area contributed by atoms with Gasteiger partial charge in [0.15, 0.2) is 0 Å². The third-order valence-electron chi connectivity index (χ3n) is 1.63. The predicted octanol–water partition coefficient (Wildman–Crippen LogP) is 1.44. The average Bonchev–Trinajstić information content (AvgIpc) is 2.16. The standard InChI is InChI=1S/C9H10F3N3O/c10-9(11,12)5-16-4-6-1-2-15-7(3-6)8(13)14/h1-3H,4-5H2,(H3,13,14). The van der Waals surface area contributed by atoms with Gasteiger partial charge in [0.25, 0.3) is 0 Å². The maximum atomic E-state index is 11.8. The zero-order chi connectivity index (χ0) is 12.2. The number of alkyl halides is 3. The third-order valence-corrected chi connectivity index (χ3v) is 1.63. The van der Waals surface area contributed by atoms with Crippen LogP contribution in [0.2, 0.25) is 0 Å². The van der Waals surface area contributed by atoms with Gasteiger partial charge in [0.05, 0.1) is 6.61 Å². The molecule has 0 aromatic carbocycles. The predicted molar refractivity (Wildman–Crippen MR) is 51.0 cm³/mol. The normalized spacial score (nSPS) is 11.4. The Labute approximate surface area is 89.7 Å². The summed E-state index contributed by atoms with van der Waals surface area (Å²) in [5.41, 5.74) is 5.89. The Balaban J connectivity index is 2.55. The molecule has 0 unspecified atom stereocenters. The van der Waals surface area contributed by atoms with E-state index in [9.17, 15) is 13.2 Å². The minimum atomic E-state index is -4.34. The molecular weight excluding hydrogens is 223 g/mol. The van der Waals surface area contributed by atoms with Crippen molar-refractivity contribution in [3.63, 3.8) is 0 Å². The molecule has 0 aliphatic heterocycles. The number of nitrogens with one attached hydrogen (secondary N) is 1. The van der Waals surface area contributed by atoms with E-state index in [0.717, 1.165) is 0 Å². The first-order valence-electron chi connectivity index (χ1n) is 4.32. The summed E-state index contributed by atoms with van der Waals surface area (Å²) in [7, 11) is 0. The highest BCUT2D eigenvalue weighted by Crippen LogP contribution is 2.15. The number of ether oxygens (including phenoxy) is 1. The van der Waals surface area contributed by atoms with E-state index in [-0.39, 0.29) is 18.1 Å². The van der Waals surface area contributed by atoms with Crippen LogP contribution in [-0.4, -0.2) is 23.6 Å². The minimum absolute atomic E-state index is 0.192. The molecule has 0 aliphatic carbocycles. The SMILES string of the molecule is N=C(N)c1cc(COCC(F)(F)F)ccn1. The summed E-state index contributed by atoms with van der Waals surface area (Å²) < 4.78 is 39.8. The van der Waals surface area contributed by atoms with Crippen LogP contribution in [0, 0.1) is 5.41 Å². The average molecular weight is 233 g/mol. The molecule has 3 N–H and O–H groups in total. The summed E-state index contributed by atoms with van der Waals surface area (Å²) >= 11 is 0. The van der Waals surface area contributed by atoms with Crippen LogP contribution in [0.15, 0.2) is 18.3 Å². The quantitative estimate of drug-likeness (QED) is 0.610. The molecule has 0 spiro atoms. The number of halogens is 3. The highest BCUT2D eigenvalue weighted by atomic mass is 19.4. The Morgan fingerprint density at radius 1 is 1.50 bits per heavy atom. The van der Waals surface area contributed by atoms with Crippen LogP contribution < -0.4 is 5.73 Å². The molecule has 16 heavy (non-hydrogen) atoms. The van der Waals surface area contributed by atoms with E-state index < -0.39 is 12.8 Å². The van der Waals surface area contributed by atoms with Crippen molar-refractivity contribution in [1.29, 1.82) is 5.41 Å². The second-order valence-corrected chi connectivity index (χ2v) is 3.07. The van der Waals surface area contributed by atoms with Crippen LogP contribution in [-0.2, 0) is 11.3 Å². The van der Waals surface area contributed by atoms with Crippen molar-refractivity contribution in [3.05, 3.63) is 29.6 Å². The topological polar surface area (TPSA) is 72.0 Å². The second kappa shape index (κ2) is 4.93. The van der Waals surface area contributed by atoms with E-state index in [0.29, 0.717) is 5.56 Å². The number of nitrogens with zero attached hydrogens (tertiary/aromatic N) is 1. The van der Waals surface area contributed by atoms with Crippen molar-refractivity contribution in [3.8, 4) is 0 Å². The van der Waals surface area contributed by atoms with Crippen molar-refractivity contribution in [2.45, 2.75) is 12.8 Å². The van der Waals surface area contributed by atoms with Gasteiger partial charge in [-0.25, -0.2) is 0 Å². The molecule has 1 heterocycles. The summed E-state index contributed by atoms with van der Waals surface area (Å²) in [6, 6.07) is 2.92. The number of aromatic nitrogens is 1. The van der Waals surface area contributed by atoms with Crippen molar-refractivity contribution in [2.24, 2.45) is 5.73 Å². The molecule has 0 bridgehead atoms. The fraction of sp³-hybridized carbons (Fsp3) is 0.333. The van der Waals surface area contributed by atoms with Gasteiger partial charge in [-0.15, -0.1) is 0 Å². The van der Waals surface area contributed by atoms with E-state index in [1.165, 1.54) is 18.3 Å². The monoisotopic (exact) mass is 233 g/mol. The summed E-state index contributed by atoms with van der Waals surface area (Å²) in [6.45, 7) is -1.49. The number of rotatable bonds is 4. The zero-order valence-electron chi connectivity index (χ0n) is 8.21. The lowest BCUT2D eigenvalue weighted by atomic mass is 10.2. The molecule has 0 saturated heterocycles. The Bertz CT molecular complexity index is 379. The van der Waals surface area contributed by atoms with E-state index in [1.54, 1.807) is 0 Å². The smallest absolute Gasteiger partial charge is 0.382 e. The first-order valence-corrected chi connectivity index (χ1v) is 4.32. The van der Waals surface area contributed by atoms with Gasteiger partial charge in [-0.05, 0) is 17.7 Å². The zero-order valence-corrected chi connectivity index (χ0v) is 8.21. The lowest BCUT2D eigenvalue weighted by molar-refractivity contribution is -0.176. The highest BCUT2D eigenvalue weighted by molar-refractivity contribution is 5.93. The Hall–Kier alpha value is -1.63. The van der Waals surface area contributed by atoms with Gasteiger partial charge in [-0.1, -0.05) is 0 Å². The number of amidine groups is 1. The van der Waals surface area contributed by atoms with Gasteiger partial charge in [0.1, 0.15) is 18.1 Å². The number of nitrogens with two attached hydrogens (primary N) is 1. The van der Waals surface area contributed by atoms with E-state index in [1.807, 2.05) is 0 Å². The lowest BCUT2D eigenvalue weighted by Gasteiger charge is -2.08. The molecule has 0 saturated carbocycles. The molecule has 88 valence electrons. The maximum Gasteiger partial charge on any atom is 0.411 e. The van der Waals surface area contributed by atoms with Crippen LogP contribution in [0.3, 0.4) is 0 Å². The van der Waals surface area contributed by atoms with E-state index in [4.69, 9.17) is 11.1 Å². The minimum Gasteiger partial charge on any atom is -0.382 e. The summed E-state index contributed by atoms with van der Waals surface area (Å²) in [4.78, 5) is 3.77. The number of pyridine rings is 1. The molecule has 1 rings (SSSR count). The van der Waals surface area contributed by atoms with Gasteiger partial charge >= 0.3 is 6.18 Å². The summed E-state index contributed by atoms with van der Waals surface area (Å²) in [5.74, 6) is -0.238. The largest absolute Gasteiger partial charge is 0.411 e. The highest BCUT2D eigenvalue weighted by Gasteiger charge is 2.27. The van der Waals surface area contributed by atoms with Crippen molar-refractivity contribution < 1.29 is 17.9 Å². The molecular formula is C9H10F3N3O. The first kappa shape index (κ1) is 12.4. The van der Waals surface area contributed by atoms with Crippen LogP contribution >= 0.6 is 0 Å². The molecule has 0 atom stereocenters. The third kappa shape index (κ3) is 4.26. The number of hydrogen-bond donors (Lipinski definition) is 2. The van der Waals surface area contributed by atoms with Gasteiger partial charge < -0.3 is 10.5 Å². The molecule has 0 amide bonds. The molecule has 0 fully saturated rings. The number of nitrogen functional groups attached to an aromatic ring is 1. The Morgan fingerprint density at radius 2 is 2.19 bits per heavy atom. The van der Waals surface area contributed by atoms with E-state index >= 15 is 0 Å². The van der Waals surface area contributed by atoms with Crippen LogP contribution in [0.5, 0.6) is 0 Å². The molecule has 0 radical (unpaired) electrons. The lowest BCUT2D eigenvalue weighted by Crippen LogP contribution is -2.17. The Kier molecular flexibility index (Phi) is 3.83. The summed E-state index contributed by atoms with van der Waals surface area (Å²) in [6.07, 6.45) is -2.97. The molecule has 0 aliphatic rings. The molecule has 7 heteroatoms. The van der Waals surface area contributed by atoms with Gasteiger partial charge in [-0.3, -0.25) is 10.4 Å². The first-order chi connectivity index (χ1) is 7.38. The number of hydrogen-bond acceptors (Lipinski definition) is 3. The van der Waals surface area contributed by atoms with Crippen molar-refractivity contribution in [1.82, 2.24) is 4.98 Å². The Morgan fingerprint density at radius 3 is 2.75 bits per heavy atom. The molecule has 1 aromatic rings. The second-order valence-electron chi connectivity index (χ2n) is 3.07. The van der Waals surface area contributed by atoms with Crippen molar-refractivity contribution in [2.75, 3.05) is 6.61 Å². The van der Waals surface area contributed by atoms with Crippen LogP contribution in [0.4, 0.5) is 13.2 Å². The van der Waals surface area contributed by atoms with Crippen molar-refractivity contribution >= 4 is 5.84 Å².